The SMILES string of the molecule is CCc1nc(C2(C)CC2)ncc1CBr. The van der Waals surface area contributed by atoms with Crippen molar-refractivity contribution in [3.05, 3.63) is 23.3 Å². The van der Waals surface area contributed by atoms with E-state index < -0.39 is 0 Å². The van der Waals surface area contributed by atoms with Crippen LogP contribution in [0.25, 0.3) is 0 Å². The number of hydrogen-bond acceptors (Lipinski definition) is 2. The third-order valence-electron chi connectivity index (χ3n) is 2.97. The molecule has 0 radical (unpaired) electrons. The lowest BCUT2D eigenvalue weighted by atomic mass is 10.1. The molecule has 1 aromatic heterocycles. The molecule has 1 fully saturated rings. The second-order valence-electron chi connectivity index (χ2n) is 4.21. The summed E-state index contributed by atoms with van der Waals surface area (Å²) in [5.74, 6) is 1.04. The summed E-state index contributed by atoms with van der Waals surface area (Å²) in [6, 6.07) is 0. The molecule has 1 heterocycles. The molecule has 0 aliphatic heterocycles. The Labute approximate surface area is 93.3 Å². The first-order valence-corrected chi connectivity index (χ1v) is 6.23. The zero-order chi connectivity index (χ0) is 10.2. The Bertz CT molecular complexity index is 345. The highest BCUT2D eigenvalue weighted by atomic mass is 79.9. The van der Waals surface area contributed by atoms with Crippen molar-refractivity contribution in [2.24, 2.45) is 0 Å². The van der Waals surface area contributed by atoms with Gasteiger partial charge in [-0.1, -0.05) is 29.8 Å². The van der Waals surface area contributed by atoms with Gasteiger partial charge in [0, 0.05) is 28.2 Å². The predicted molar refractivity (Wildman–Crippen MR) is 60.6 cm³/mol. The van der Waals surface area contributed by atoms with Crippen LogP contribution in [0.2, 0.25) is 0 Å². The van der Waals surface area contributed by atoms with Crippen LogP contribution in [0.5, 0.6) is 0 Å². The molecule has 1 aromatic rings. The number of halogens is 1. The van der Waals surface area contributed by atoms with Gasteiger partial charge in [0.15, 0.2) is 0 Å². The number of hydrogen-bond donors (Lipinski definition) is 0. The van der Waals surface area contributed by atoms with Gasteiger partial charge in [-0.2, -0.15) is 0 Å². The smallest absolute Gasteiger partial charge is 0.134 e. The minimum Gasteiger partial charge on any atom is -0.240 e. The van der Waals surface area contributed by atoms with Crippen LogP contribution in [0.1, 0.15) is 43.8 Å². The van der Waals surface area contributed by atoms with E-state index in [9.17, 15) is 0 Å². The van der Waals surface area contributed by atoms with Gasteiger partial charge in [0.25, 0.3) is 0 Å². The van der Waals surface area contributed by atoms with Crippen LogP contribution in [0.15, 0.2) is 6.20 Å². The number of aryl methyl sites for hydroxylation is 1. The van der Waals surface area contributed by atoms with E-state index in [1.807, 2.05) is 6.20 Å². The Morgan fingerprint density at radius 3 is 2.71 bits per heavy atom. The van der Waals surface area contributed by atoms with Crippen LogP contribution < -0.4 is 0 Å². The van der Waals surface area contributed by atoms with E-state index in [1.165, 1.54) is 24.1 Å². The summed E-state index contributed by atoms with van der Waals surface area (Å²) in [4.78, 5) is 9.11. The zero-order valence-corrected chi connectivity index (χ0v) is 10.3. The largest absolute Gasteiger partial charge is 0.240 e. The molecule has 3 heteroatoms. The first-order valence-electron chi connectivity index (χ1n) is 5.11. The monoisotopic (exact) mass is 254 g/mol. The molecule has 2 rings (SSSR count). The van der Waals surface area contributed by atoms with Gasteiger partial charge >= 0.3 is 0 Å². The van der Waals surface area contributed by atoms with Crippen molar-refractivity contribution in [3.8, 4) is 0 Å². The van der Waals surface area contributed by atoms with E-state index in [0.29, 0.717) is 0 Å². The minimum absolute atomic E-state index is 0.286. The molecule has 0 bridgehead atoms. The molecular weight excluding hydrogens is 240 g/mol. The molecule has 0 atom stereocenters. The maximum atomic E-state index is 4.65. The fourth-order valence-corrected chi connectivity index (χ4v) is 2.03. The maximum Gasteiger partial charge on any atom is 0.134 e. The number of alkyl halides is 1. The highest BCUT2D eigenvalue weighted by Gasteiger charge is 2.42. The molecule has 76 valence electrons. The van der Waals surface area contributed by atoms with Crippen molar-refractivity contribution < 1.29 is 0 Å². The van der Waals surface area contributed by atoms with Gasteiger partial charge in [-0.15, -0.1) is 0 Å². The summed E-state index contributed by atoms with van der Waals surface area (Å²) in [6.07, 6.45) is 5.44. The van der Waals surface area contributed by atoms with Gasteiger partial charge in [0.05, 0.1) is 0 Å². The summed E-state index contributed by atoms with van der Waals surface area (Å²) in [5.41, 5.74) is 2.70. The zero-order valence-electron chi connectivity index (χ0n) is 8.68. The van der Waals surface area contributed by atoms with Crippen molar-refractivity contribution in [1.29, 1.82) is 0 Å². The Kier molecular flexibility index (Phi) is 2.60. The summed E-state index contributed by atoms with van der Waals surface area (Å²) < 4.78 is 0. The lowest BCUT2D eigenvalue weighted by Gasteiger charge is -2.10. The van der Waals surface area contributed by atoms with Crippen LogP contribution in [0.3, 0.4) is 0 Å². The van der Waals surface area contributed by atoms with E-state index >= 15 is 0 Å². The van der Waals surface area contributed by atoms with Crippen molar-refractivity contribution in [2.45, 2.75) is 43.9 Å². The van der Waals surface area contributed by atoms with E-state index in [4.69, 9.17) is 0 Å². The third kappa shape index (κ3) is 1.70. The van der Waals surface area contributed by atoms with E-state index in [1.54, 1.807) is 0 Å². The van der Waals surface area contributed by atoms with Crippen molar-refractivity contribution >= 4 is 15.9 Å². The minimum atomic E-state index is 0.286. The average Bonchev–Trinajstić information content (AvgIpc) is 2.97. The van der Waals surface area contributed by atoms with Crippen LogP contribution in [0, 0.1) is 0 Å². The Morgan fingerprint density at radius 1 is 1.50 bits per heavy atom. The highest BCUT2D eigenvalue weighted by molar-refractivity contribution is 9.08. The summed E-state index contributed by atoms with van der Waals surface area (Å²) in [6.45, 7) is 4.39. The molecule has 0 unspecified atom stereocenters. The first kappa shape index (κ1) is 10.1. The van der Waals surface area contributed by atoms with Crippen LogP contribution in [-0.2, 0) is 17.2 Å². The average molecular weight is 255 g/mol. The summed E-state index contributed by atoms with van der Waals surface area (Å²) >= 11 is 3.46. The molecule has 1 aliphatic rings. The fourth-order valence-electron chi connectivity index (χ4n) is 1.56. The topological polar surface area (TPSA) is 25.8 Å². The maximum absolute atomic E-state index is 4.65. The van der Waals surface area contributed by atoms with E-state index in [-0.39, 0.29) is 5.41 Å². The van der Waals surface area contributed by atoms with E-state index in [0.717, 1.165) is 17.6 Å². The predicted octanol–water partition coefficient (Wildman–Crippen LogP) is 2.99. The Balaban J connectivity index is 2.36. The fraction of sp³-hybridized carbons (Fsp3) is 0.636. The van der Waals surface area contributed by atoms with Crippen molar-refractivity contribution in [3.63, 3.8) is 0 Å². The van der Waals surface area contributed by atoms with Crippen LogP contribution in [-0.4, -0.2) is 9.97 Å². The summed E-state index contributed by atoms with van der Waals surface area (Å²) in [5, 5.41) is 0.854. The lowest BCUT2D eigenvalue weighted by molar-refractivity contribution is 0.694. The lowest BCUT2D eigenvalue weighted by Crippen LogP contribution is -2.10. The van der Waals surface area contributed by atoms with Gasteiger partial charge in [-0.3, -0.25) is 0 Å². The highest BCUT2D eigenvalue weighted by Crippen LogP contribution is 2.45. The molecule has 2 nitrogen and oxygen atoms in total. The Hall–Kier alpha value is -0.440. The van der Waals surface area contributed by atoms with E-state index in [2.05, 4.69) is 39.7 Å². The second kappa shape index (κ2) is 3.61. The second-order valence-corrected chi connectivity index (χ2v) is 4.77. The van der Waals surface area contributed by atoms with Crippen LogP contribution >= 0.6 is 15.9 Å². The Morgan fingerprint density at radius 2 is 2.21 bits per heavy atom. The number of aromatic nitrogens is 2. The molecule has 0 spiro atoms. The molecule has 1 aliphatic carbocycles. The number of rotatable bonds is 3. The quantitative estimate of drug-likeness (QED) is 0.776. The van der Waals surface area contributed by atoms with Gasteiger partial charge in [0.1, 0.15) is 5.82 Å². The normalized spacial score (nSPS) is 18.2. The molecular formula is C11H15BrN2. The molecule has 0 N–H and O–H groups in total. The first-order chi connectivity index (χ1) is 6.69. The van der Waals surface area contributed by atoms with Gasteiger partial charge < -0.3 is 0 Å². The molecule has 0 aromatic carbocycles. The molecule has 0 amide bonds. The molecule has 0 saturated heterocycles. The van der Waals surface area contributed by atoms with Crippen molar-refractivity contribution in [1.82, 2.24) is 9.97 Å². The molecule has 1 saturated carbocycles. The summed E-state index contributed by atoms with van der Waals surface area (Å²) in [7, 11) is 0. The van der Waals surface area contributed by atoms with Crippen molar-refractivity contribution in [2.75, 3.05) is 0 Å². The molecule has 14 heavy (non-hydrogen) atoms. The van der Waals surface area contributed by atoms with Crippen LogP contribution in [0.4, 0.5) is 0 Å². The third-order valence-corrected chi connectivity index (χ3v) is 3.58. The number of nitrogens with zero attached hydrogens (tertiary/aromatic N) is 2. The standard InChI is InChI=1S/C11H15BrN2/c1-3-9-8(6-12)7-13-10(14-9)11(2)4-5-11/h7H,3-6H2,1-2H3. The van der Waals surface area contributed by atoms with Gasteiger partial charge in [-0.25, -0.2) is 9.97 Å². The van der Waals surface area contributed by atoms with Gasteiger partial charge in [0.2, 0.25) is 0 Å². The van der Waals surface area contributed by atoms with Gasteiger partial charge in [-0.05, 0) is 19.3 Å².